The highest BCUT2D eigenvalue weighted by Gasteiger charge is 2.25. The molecule has 0 spiro atoms. The molecule has 246 valence electrons. The standard InChI is InChI=1S/C47H43N3/c1-31-25-33(3)45(34(4)26-31)47(46-35(5)27-32(2)28-36(46)6)39-21-23-40(24-22-39)50(43-20-14-13-19-41(43)37-15-9-7-10-16-37)44-30-48-42(29-49-44)38-17-11-8-12-18-38/h7-30,47H,1-6H3. The fourth-order valence-corrected chi connectivity index (χ4v) is 7.71. The molecule has 0 radical (unpaired) electrons. The first-order chi connectivity index (χ1) is 24.3. The molecule has 0 bridgehead atoms. The van der Waals surface area contributed by atoms with Gasteiger partial charge in [0.2, 0.25) is 0 Å². The van der Waals surface area contributed by atoms with E-state index in [0.717, 1.165) is 39.6 Å². The lowest BCUT2D eigenvalue weighted by Crippen LogP contribution is -2.14. The van der Waals surface area contributed by atoms with Crippen molar-refractivity contribution in [1.29, 1.82) is 0 Å². The fourth-order valence-electron chi connectivity index (χ4n) is 7.71. The van der Waals surface area contributed by atoms with Crippen molar-refractivity contribution in [3.63, 3.8) is 0 Å². The fraction of sp³-hybridized carbons (Fsp3) is 0.149. The van der Waals surface area contributed by atoms with Gasteiger partial charge in [-0.25, -0.2) is 4.98 Å². The number of hydrogen-bond donors (Lipinski definition) is 0. The predicted octanol–water partition coefficient (Wildman–Crippen LogP) is 12.3. The zero-order valence-corrected chi connectivity index (χ0v) is 29.8. The van der Waals surface area contributed by atoms with Crippen LogP contribution < -0.4 is 4.90 Å². The van der Waals surface area contributed by atoms with E-state index in [0.29, 0.717) is 0 Å². The summed E-state index contributed by atoms with van der Waals surface area (Å²) in [5.41, 5.74) is 18.1. The molecular weight excluding hydrogens is 607 g/mol. The first-order valence-electron chi connectivity index (χ1n) is 17.4. The summed E-state index contributed by atoms with van der Waals surface area (Å²) >= 11 is 0. The third kappa shape index (κ3) is 6.47. The van der Waals surface area contributed by atoms with E-state index in [-0.39, 0.29) is 5.92 Å². The Balaban J connectivity index is 1.39. The van der Waals surface area contributed by atoms with Crippen molar-refractivity contribution in [2.24, 2.45) is 0 Å². The van der Waals surface area contributed by atoms with Crippen LogP contribution in [-0.4, -0.2) is 9.97 Å². The average molecular weight is 650 g/mol. The lowest BCUT2D eigenvalue weighted by Gasteiger charge is -2.29. The van der Waals surface area contributed by atoms with Gasteiger partial charge in [-0.2, -0.15) is 0 Å². The molecule has 7 rings (SSSR count). The van der Waals surface area contributed by atoms with Gasteiger partial charge < -0.3 is 0 Å². The van der Waals surface area contributed by atoms with Crippen molar-refractivity contribution in [2.75, 3.05) is 4.90 Å². The number of aryl methyl sites for hydroxylation is 6. The number of benzene rings is 6. The predicted molar refractivity (Wildman–Crippen MR) is 210 cm³/mol. The van der Waals surface area contributed by atoms with E-state index in [1.165, 1.54) is 50.1 Å². The maximum atomic E-state index is 5.02. The van der Waals surface area contributed by atoms with Crippen LogP contribution in [0.4, 0.5) is 17.2 Å². The first-order valence-corrected chi connectivity index (χ1v) is 17.4. The van der Waals surface area contributed by atoms with Crippen LogP contribution >= 0.6 is 0 Å². The smallest absolute Gasteiger partial charge is 0.156 e. The van der Waals surface area contributed by atoms with Gasteiger partial charge in [0.05, 0.1) is 23.8 Å². The third-order valence-corrected chi connectivity index (χ3v) is 9.70. The first kappa shape index (κ1) is 32.7. The highest BCUT2D eigenvalue weighted by molar-refractivity contribution is 5.87. The Morgan fingerprint density at radius 3 is 1.50 bits per heavy atom. The molecule has 0 aliphatic rings. The molecule has 0 saturated heterocycles. The third-order valence-electron chi connectivity index (χ3n) is 9.70. The number of hydrogen-bond acceptors (Lipinski definition) is 3. The highest BCUT2D eigenvalue weighted by Crippen LogP contribution is 2.43. The second-order valence-corrected chi connectivity index (χ2v) is 13.5. The summed E-state index contributed by atoms with van der Waals surface area (Å²) in [5, 5.41) is 0. The van der Waals surface area contributed by atoms with Gasteiger partial charge in [-0.3, -0.25) is 9.88 Å². The summed E-state index contributed by atoms with van der Waals surface area (Å²) < 4.78 is 0. The summed E-state index contributed by atoms with van der Waals surface area (Å²) in [6.07, 6.45) is 3.76. The lowest BCUT2D eigenvalue weighted by molar-refractivity contribution is 0.919. The molecule has 6 aromatic carbocycles. The van der Waals surface area contributed by atoms with Gasteiger partial charge >= 0.3 is 0 Å². The second kappa shape index (κ2) is 14.0. The Kier molecular flexibility index (Phi) is 9.15. The van der Waals surface area contributed by atoms with Crippen molar-refractivity contribution in [1.82, 2.24) is 9.97 Å². The topological polar surface area (TPSA) is 29.0 Å². The zero-order chi connectivity index (χ0) is 34.8. The summed E-state index contributed by atoms with van der Waals surface area (Å²) in [6.45, 7) is 13.4. The van der Waals surface area contributed by atoms with Crippen molar-refractivity contribution >= 4 is 17.2 Å². The Hall–Kier alpha value is -5.80. The molecular formula is C47H43N3. The van der Waals surface area contributed by atoms with Crippen molar-refractivity contribution in [3.8, 4) is 22.4 Å². The Labute approximate surface area is 297 Å². The van der Waals surface area contributed by atoms with Gasteiger partial charge in [0.15, 0.2) is 5.82 Å². The maximum absolute atomic E-state index is 5.02. The average Bonchev–Trinajstić information content (AvgIpc) is 3.12. The van der Waals surface area contributed by atoms with Crippen LogP contribution in [-0.2, 0) is 0 Å². The van der Waals surface area contributed by atoms with Gasteiger partial charge in [-0.15, -0.1) is 0 Å². The quantitative estimate of drug-likeness (QED) is 0.153. The van der Waals surface area contributed by atoms with Crippen LogP contribution in [0.5, 0.6) is 0 Å². The number of anilines is 3. The normalized spacial score (nSPS) is 11.2. The molecule has 0 amide bonds. The van der Waals surface area contributed by atoms with Crippen molar-refractivity contribution in [3.05, 3.63) is 196 Å². The van der Waals surface area contributed by atoms with E-state index in [1.807, 2.05) is 30.6 Å². The number of nitrogens with zero attached hydrogens (tertiary/aromatic N) is 3. The maximum Gasteiger partial charge on any atom is 0.156 e. The second-order valence-electron chi connectivity index (χ2n) is 13.5. The summed E-state index contributed by atoms with van der Waals surface area (Å²) in [6, 6.07) is 47.7. The highest BCUT2D eigenvalue weighted by atomic mass is 15.2. The molecule has 0 N–H and O–H groups in total. The Bertz CT molecular complexity index is 2150. The largest absolute Gasteiger partial charge is 0.293 e. The SMILES string of the molecule is Cc1cc(C)c(C(c2ccc(N(c3cnc(-c4ccccc4)cn3)c3ccccc3-c3ccccc3)cc2)c2c(C)cc(C)cc2C)c(C)c1. The lowest BCUT2D eigenvalue weighted by atomic mass is 9.77. The van der Waals surface area contributed by atoms with Crippen LogP contribution in [0.25, 0.3) is 22.4 Å². The number of rotatable bonds is 8. The molecule has 50 heavy (non-hydrogen) atoms. The van der Waals surface area contributed by atoms with Crippen molar-refractivity contribution < 1.29 is 0 Å². The van der Waals surface area contributed by atoms with E-state index in [1.54, 1.807) is 0 Å². The molecule has 0 aliphatic carbocycles. The molecule has 0 fully saturated rings. The van der Waals surface area contributed by atoms with E-state index < -0.39 is 0 Å². The van der Waals surface area contributed by atoms with Crippen LogP contribution in [0.15, 0.2) is 146 Å². The van der Waals surface area contributed by atoms with Crippen LogP contribution in [0.1, 0.15) is 56.0 Å². The minimum atomic E-state index is 0.0975. The molecule has 3 nitrogen and oxygen atoms in total. The van der Waals surface area contributed by atoms with Crippen LogP contribution in [0.3, 0.4) is 0 Å². The molecule has 0 unspecified atom stereocenters. The molecule has 7 aromatic rings. The Morgan fingerprint density at radius 1 is 0.480 bits per heavy atom. The van der Waals surface area contributed by atoms with E-state index >= 15 is 0 Å². The zero-order valence-electron chi connectivity index (χ0n) is 29.8. The van der Waals surface area contributed by atoms with Gasteiger partial charge in [-0.05, 0) is 104 Å². The van der Waals surface area contributed by atoms with Gasteiger partial charge in [0.25, 0.3) is 0 Å². The molecule has 1 aromatic heterocycles. The van der Waals surface area contributed by atoms with Gasteiger partial charge in [-0.1, -0.05) is 126 Å². The van der Waals surface area contributed by atoms with E-state index in [9.17, 15) is 0 Å². The molecule has 0 atom stereocenters. The van der Waals surface area contributed by atoms with E-state index in [2.05, 4.69) is 162 Å². The summed E-state index contributed by atoms with van der Waals surface area (Å²) in [5.74, 6) is 0.855. The molecule has 0 aliphatic heterocycles. The monoisotopic (exact) mass is 649 g/mol. The minimum Gasteiger partial charge on any atom is -0.293 e. The van der Waals surface area contributed by atoms with Gasteiger partial charge in [0, 0.05) is 22.7 Å². The number of para-hydroxylation sites is 1. The van der Waals surface area contributed by atoms with E-state index in [4.69, 9.17) is 9.97 Å². The van der Waals surface area contributed by atoms with Crippen LogP contribution in [0, 0.1) is 41.5 Å². The number of aromatic nitrogens is 2. The Morgan fingerprint density at radius 2 is 0.980 bits per heavy atom. The molecule has 0 saturated carbocycles. The molecule has 1 heterocycles. The van der Waals surface area contributed by atoms with Crippen LogP contribution in [0.2, 0.25) is 0 Å². The van der Waals surface area contributed by atoms with Gasteiger partial charge in [0.1, 0.15) is 0 Å². The molecule has 3 heteroatoms. The van der Waals surface area contributed by atoms with Crippen molar-refractivity contribution in [2.45, 2.75) is 47.5 Å². The summed E-state index contributed by atoms with van der Waals surface area (Å²) in [4.78, 5) is 12.1. The summed E-state index contributed by atoms with van der Waals surface area (Å²) in [7, 11) is 0. The minimum absolute atomic E-state index is 0.0975.